The zero-order valence-corrected chi connectivity index (χ0v) is 24.0. The van der Waals surface area contributed by atoms with Crippen LogP contribution in [0.4, 0.5) is 8.78 Å². The van der Waals surface area contributed by atoms with E-state index in [4.69, 9.17) is 4.98 Å². The van der Waals surface area contributed by atoms with Gasteiger partial charge in [-0.05, 0) is 82.9 Å². The molecule has 2 fully saturated rings. The molecule has 2 amide bonds. The predicted molar refractivity (Wildman–Crippen MR) is 147 cm³/mol. The first-order chi connectivity index (χ1) is 19.3. The molecule has 0 aliphatic heterocycles. The first-order valence-electron chi connectivity index (χ1n) is 14.4. The number of carbonyl (C=O) groups excluding carboxylic acids is 2. The maximum Gasteiger partial charge on any atom is 0.270 e. The molecular weight excluding hydrogens is 532 g/mol. The summed E-state index contributed by atoms with van der Waals surface area (Å²) in [5.41, 5.74) is 1.16. The summed E-state index contributed by atoms with van der Waals surface area (Å²) in [6.45, 7) is 7.05. The lowest BCUT2D eigenvalue weighted by atomic mass is 9.81. The number of nitrogens with one attached hydrogen (secondary N) is 2. The highest BCUT2D eigenvalue weighted by Crippen LogP contribution is 2.43. The molecular formula is C29H39F2N7O3. The molecule has 10 nitrogen and oxygen atoms in total. The van der Waals surface area contributed by atoms with Gasteiger partial charge in [0.1, 0.15) is 5.69 Å². The van der Waals surface area contributed by atoms with Crippen LogP contribution in [0.2, 0.25) is 0 Å². The van der Waals surface area contributed by atoms with Gasteiger partial charge in [0.05, 0.1) is 42.2 Å². The predicted octanol–water partition coefficient (Wildman–Crippen LogP) is 4.53. The van der Waals surface area contributed by atoms with E-state index < -0.39 is 17.6 Å². The number of nitrogens with zero attached hydrogens (tertiary/aromatic N) is 5. The lowest BCUT2D eigenvalue weighted by Crippen LogP contribution is -2.38. The number of hydrogen-bond acceptors (Lipinski definition) is 6. The van der Waals surface area contributed by atoms with Crippen LogP contribution in [-0.2, 0) is 4.79 Å². The van der Waals surface area contributed by atoms with Crippen molar-refractivity contribution >= 4 is 17.5 Å². The summed E-state index contributed by atoms with van der Waals surface area (Å²) in [6, 6.07) is 2.63. The van der Waals surface area contributed by atoms with E-state index in [-0.39, 0.29) is 67.8 Å². The summed E-state index contributed by atoms with van der Waals surface area (Å²) in [5.74, 6) is -3.23. The van der Waals surface area contributed by atoms with E-state index in [2.05, 4.69) is 20.8 Å². The molecule has 3 heterocycles. The van der Waals surface area contributed by atoms with Crippen LogP contribution >= 0.6 is 0 Å². The molecule has 2 aliphatic rings. The Labute approximate surface area is 237 Å². The first kappa shape index (κ1) is 29.1. The van der Waals surface area contributed by atoms with Gasteiger partial charge in [-0.2, -0.15) is 10.2 Å². The van der Waals surface area contributed by atoms with Crippen molar-refractivity contribution in [3.05, 3.63) is 47.7 Å². The second kappa shape index (κ2) is 11.1. The topological polar surface area (TPSA) is 126 Å². The van der Waals surface area contributed by atoms with Gasteiger partial charge in [-0.25, -0.2) is 18.3 Å². The van der Waals surface area contributed by atoms with Crippen molar-refractivity contribution in [1.82, 2.24) is 35.0 Å². The molecule has 3 N–H and O–H groups in total. The van der Waals surface area contributed by atoms with E-state index in [0.29, 0.717) is 17.0 Å². The zero-order valence-electron chi connectivity index (χ0n) is 24.0. The molecule has 0 unspecified atom stereocenters. The van der Waals surface area contributed by atoms with E-state index in [0.717, 1.165) is 18.4 Å². The number of rotatable bonds is 10. The second-order valence-corrected chi connectivity index (χ2v) is 12.5. The van der Waals surface area contributed by atoms with Gasteiger partial charge in [0, 0.05) is 25.1 Å². The van der Waals surface area contributed by atoms with E-state index >= 15 is 0 Å². The van der Waals surface area contributed by atoms with Crippen LogP contribution in [0.25, 0.3) is 5.65 Å². The third-order valence-corrected chi connectivity index (χ3v) is 7.95. The normalized spacial score (nSPS) is 19.3. The van der Waals surface area contributed by atoms with Gasteiger partial charge in [-0.3, -0.25) is 14.3 Å². The molecule has 2 aliphatic carbocycles. The fourth-order valence-corrected chi connectivity index (χ4v) is 5.70. The van der Waals surface area contributed by atoms with Crippen LogP contribution in [0.15, 0.2) is 30.7 Å². The van der Waals surface area contributed by atoms with Gasteiger partial charge in [0.25, 0.3) is 5.91 Å². The molecule has 222 valence electrons. The Morgan fingerprint density at radius 3 is 2.41 bits per heavy atom. The van der Waals surface area contributed by atoms with Crippen LogP contribution in [0.3, 0.4) is 0 Å². The Morgan fingerprint density at radius 1 is 1.10 bits per heavy atom. The molecule has 0 spiro atoms. The Hall–Kier alpha value is -3.41. The number of aromatic nitrogens is 5. The number of carbonyl (C=O) groups is 2. The molecule has 2 saturated carbocycles. The van der Waals surface area contributed by atoms with Gasteiger partial charge in [0.15, 0.2) is 5.65 Å². The standard InChI is InChI=1S/C29H39F2N7O3/c1-17(2)38-22(9-12-32-38)27(40)36-26(19-7-10-29(30,31)11-8-19)21-16-37-23(34-21)13-20(15-33-37)25(18-5-6-18)35-24(39)14-28(3,4)41/h9,12-13,15-19,25-26,41H,5-8,10-11,14H2,1-4H3,(H,35,39)(H,36,40)/t25-,26+/m1/s1. The molecule has 12 heteroatoms. The van der Waals surface area contributed by atoms with Crippen molar-refractivity contribution in [2.45, 2.75) is 102 Å². The second-order valence-electron chi connectivity index (χ2n) is 12.5. The minimum Gasteiger partial charge on any atom is -0.390 e. The molecule has 5 rings (SSSR count). The van der Waals surface area contributed by atoms with Crippen LogP contribution in [0, 0.1) is 11.8 Å². The average molecular weight is 572 g/mol. The Balaban J connectivity index is 1.43. The highest BCUT2D eigenvalue weighted by Gasteiger charge is 2.40. The van der Waals surface area contributed by atoms with Crippen molar-refractivity contribution in [3.63, 3.8) is 0 Å². The van der Waals surface area contributed by atoms with Gasteiger partial charge < -0.3 is 15.7 Å². The van der Waals surface area contributed by atoms with E-state index in [1.165, 1.54) is 0 Å². The maximum absolute atomic E-state index is 14.0. The minimum atomic E-state index is -2.70. The number of fused-ring (bicyclic) bond motifs is 1. The summed E-state index contributed by atoms with van der Waals surface area (Å²) in [6.07, 6.45) is 6.97. The molecule has 3 aromatic rings. The quantitative estimate of drug-likeness (QED) is 0.328. The largest absolute Gasteiger partial charge is 0.390 e. The molecule has 0 radical (unpaired) electrons. The van der Waals surface area contributed by atoms with Crippen molar-refractivity contribution < 1.29 is 23.5 Å². The van der Waals surface area contributed by atoms with Crippen LogP contribution in [-0.4, -0.2) is 52.8 Å². The van der Waals surface area contributed by atoms with E-state index in [9.17, 15) is 23.5 Å². The summed E-state index contributed by atoms with van der Waals surface area (Å²) in [4.78, 5) is 30.8. The summed E-state index contributed by atoms with van der Waals surface area (Å²) >= 11 is 0. The number of halogens is 2. The van der Waals surface area contributed by atoms with Crippen molar-refractivity contribution in [2.75, 3.05) is 0 Å². The SMILES string of the molecule is CC(C)n1nccc1C(=O)N[C@H](c1cn2ncc([C@H](NC(=O)CC(C)(C)O)C3CC3)cc2n1)C1CCC(F)(F)CC1. The first-order valence-corrected chi connectivity index (χ1v) is 14.4. The molecule has 0 aromatic carbocycles. The van der Waals surface area contributed by atoms with Gasteiger partial charge >= 0.3 is 0 Å². The van der Waals surface area contributed by atoms with Crippen molar-refractivity contribution in [3.8, 4) is 0 Å². The lowest BCUT2D eigenvalue weighted by Gasteiger charge is -2.33. The van der Waals surface area contributed by atoms with Crippen LogP contribution in [0.5, 0.6) is 0 Å². The highest BCUT2D eigenvalue weighted by molar-refractivity contribution is 5.92. The third kappa shape index (κ3) is 6.91. The third-order valence-electron chi connectivity index (χ3n) is 7.95. The number of imidazole rings is 1. The Kier molecular flexibility index (Phi) is 7.88. The number of alkyl halides is 2. The lowest BCUT2D eigenvalue weighted by molar-refractivity contribution is -0.125. The number of amides is 2. The Bertz CT molecular complexity index is 1400. The number of aliphatic hydroxyl groups is 1. The Morgan fingerprint density at radius 2 is 1.78 bits per heavy atom. The maximum atomic E-state index is 14.0. The van der Waals surface area contributed by atoms with Crippen molar-refractivity contribution in [1.29, 1.82) is 0 Å². The van der Waals surface area contributed by atoms with Gasteiger partial charge in [-0.15, -0.1) is 0 Å². The summed E-state index contributed by atoms with van der Waals surface area (Å²) < 4.78 is 31.3. The van der Waals surface area contributed by atoms with E-state index in [1.807, 2.05) is 19.9 Å². The molecule has 0 saturated heterocycles. The highest BCUT2D eigenvalue weighted by atomic mass is 19.3. The van der Waals surface area contributed by atoms with Crippen LogP contribution < -0.4 is 10.6 Å². The average Bonchev–Trinajstić information content (AvgIpc) is 3.43. The monoisotopic (exact) mass is 571 g/mol. The molecule has 3 aromatic heterocycles. The van der Waals surface area contributed by atoms with Crippen molar-refractivity contribution in [2.24, 2.45) is 11.8 Å². The smallest absolute Gasteiger partial charge is 0.270 e. The van der Waals surface area contributed by atoms with Crippen LogP contribution in [0.1, 0.15) is 113 Å². The number of hydrogen-bond donors (Lipinski definition) is 3. The van der Waals surface area contributed by atoms with E-state index in [1.54, 1.807) is 47.7 Å². The molecule has 41 heavy (non-hydrogen) atoms. The van der Waals surface area contributed by atoms with Gasteiger partial charge in [-0.1, -0.05) is 0 Å². The molecule has 0 bridgehead atoms. The van der Waals surface area contributed by atoms with Gasteiger partial charge in [0.2, 0.25) is 11.8 Å². The fraction of sp³-hybridized carbons (Fsp3) is 0.621. The summed E-state index contributed by atoms with van der Waals surface area (Å²) in [7, 11) is 0. The zero-order chi connectivity index (χ0) is 29.5. The summed E-state index contributed by atoms with van der Waals surface area (Å²) in [5, 5.41) is 25.0. The minimum absolute atomic E-state index is 0.0169. The fourth-order valence-electron chi connectivity index (χ4n) is 5.70. The molecule has 2 atom stereocenters.